The number of aliphatic hydroxyl groups excluding tert-OH is 1. The molecule has 2 unspecified atom stereocenters. The minimum absolute atomic E-state index is 0.0585. The second-order valence-electron chi connectivity index (χ2n) is 7.12. The maximum atomic E-state index is 11.2. The Morgan fingerprint density at radius 1 is 1.17 bits per heavy atom. The maximum Gasteiger partial charge on any atom is 0.146 e. The molecule has 0 spiro atoms. The van der Waals surface area contributed by atoms with Gasteiger partial charge in [0.05, 0.1) is 6.04 Å². The molecule has 0 aliphatic carbocycles. The van der Waals surface area contributed by atoms with Crippen molar-refractivity contribution >= 4 is 18.0 Å². The predicted octanol–water partition coefficient (Wildman–Crippen LogP) is 3.84. The molecule has 0 aliphatic heterocycles. The standard InChI is InChI=1S/C25H33N3O/c1-6-8-12-17-26-20(5)24(28-21-13-10-9-11-14-21)22(7-2)25(29)23-18(3)15-16-19(4)27-23/h7-16,20,24,26,28-29H,3,6,17H2,1-2,4-5H3/b12-8-,22-7-,25-23-. The molecule has 2 aromatic rings. The highest BCUT2D eigenvalue weighted by molar-refractivity contribution is 5.61. The lowest BCUT2D eigenvalue weighted by atomic mass is 9.97. The Labute approximate surface area is 174 Å². The second kappa shape index (κ2) is 11.2. The largest absolute Gasteiger partial charge is 0.505 e. The molecule has 1 heterocycles. The average molecular weight is 392 g/mol. The van der Waals surface area contributed by atoms with Crippen LogP contribution in [0.3, 0.4) is 0 Å². The number of hydrogen-bond acceptors (Lipinski definition) is 4. The van der Waals surface area contributed by atoms with Crippen molar-refractivity contribution in [3.63, 3.8) is 0 Å². The van der Waals surface area contributed by atoms with E-state index in [1.807, 2.05) is 62.4 Å². The highest BCUT2D eigenvalue weighted by Crippen LogP contribution is 2.20. The molecule has 4 heteroatoms. The van der Waals surface area contributed by atoms with Crippen molar-refractivity contribution in [3.05, 3.63) is 82.5 Å². The molecule has 2 atom stereocenters. The van der Waals surface area contributed by atoms with Gasteiger partial charge in [0.2, 0.25) is 0 Å². The smallest absolute Gasteiger partial charge is 0.146 e. The zero-order valence-corrected chi connectivity index (χ0v) is 17.9. The van der Waals surface area contributed by atoms with Crippen LogP contribution in [0.5, 0.6) is 0 Å². The van der Waals surface area contributed by atoms with E-state index in [2.05, 4.69) is 48.2 Å². The van der Waals surface area contributed by atoms with Gasteiger partial charge in [-0.15, -0.1) is 0 Å². The third-order valence-corrected chi connectivity index (χ3v) is 4.82. The molecule has 1 aromatic heterocycles. The molecule has 0 saturated carbocycles. The van der Waals surface area contributed by atoms with E-state index in [-0.39, 0.29) is 17.8 Å². The van der Waals surface area contributed by atoms with Crippen LogP contribution in [0.2, 0.25) is 0 Å². The van der Waals surface area contributed by atoms with Crippen LogP contribution in [-0.2, 0) is 0 Å². The fourth-order valence-corrected chi connectivity index (χ4v) is 3.20. The van der Waals surface area contributed by atoms with E-state index in [1.165, 1.54) is 0 Å². The fraction of sp³-hybridized carbons (Fsp3) is 0.320. The minimum atomic E-state index is -0.154. The van der Waals surface area contributed by atoms with Crippen LogP contribution in [0.1, 0.15) is 32.9 Å². The van der Waals surface area contributed by atoms with Crippen LogP contribution < -0.4 is 21.2 Å². The number of anilines is 1. The zero-order valence-electron chi connectivity index (χ0n) is 17.9. The molecular formula is C25H33N3O. The Bertz CT molecular complexity index is 948. The summed E-state index contributed by atoms with van der Waals surface area (Å²) < 4.78 is 0. The number of aliphatic hydroxyl groups is 1. The SMILES string of the molecule is C=c1ccc(C)n/c1=C(O)/C(=C\C)C(Nc1ccccc1)C(C)NC/C=C\CC. The quantitative estimate of drug-likeness (QED) is 0.569. The lowest BCUT2D eigenvalue weighted by molar-refractivity contribution is 0.475. The number of hydrogen-bond donors (Lipinski definition) is 3. The number of pyridine rings is 1. The van der Waals surface area contributed by atoms with E-state index < -0.39 is 0 Å². The number of benzene rings is 1. The highest BCUT2D eigenvalue weighted by atomic mass is 16.3. The van der Waals surface area contributed by atoms with E-state index in [1.54, 1.807) is 0 Å². The Morgan fingerprint density at radius 3 is 2.55 bits per heavy atom. The zero-order chi connectivity index (χ0) is 21.2. The Hall–Kier alpha value is -2.85. The topological polar surface area (TPSA) is 57.2 Å². The minimum Gasteiger partial charge on any atom is -0.505 e. The summed E-state index contributed by atoms with van der Waals surface area (Å²) in [5.41, 5.74) is 2.63. The molecule has 154 valence electrons. The third-order valence-electron chi connectivity index (χ3n) is 4.82. The van der Waals surface area contributed by atoms with Crippen molar-refractivity contribution < 1.29 is 5.11 Å². The number of nitrogens with one attached hydrogen (secondary N) is 2. The second-order valence-corrected chi connectivity index (χ2v) is 7.12. The summed E-state index contributed by atoms with van der Waals surface area (Å²) >= 11 is 0. The normalized spacial score (nSPS) is 15.2. The molecule has 29 heavy (non-hydrogen) atoms. The molecule has 0 bridgehead atoms. The van der Waals surface area contributed by atoms with E-state index in [0.717, 1.165) is 29.9 Å². The van der Waals surface area contributed by atoms with Crippen LogP contribution in [-0.4, -0.2) is 28.7 Å². The molecular weight excluding hydrogens is 358 g/mol. The maximum absolute atomic E-state index is 11.2. The predicted molar refractivity (Wildman–Crippen MR) is 124 cm³/mol. The van der Waals surface area contributed by atoms with Gasteiger partial charge in [0, 0.05) is 29.5 Å². The van der Waals surface area contributed by atoms with Crippen LogP contribution >= 0.6 is 0 Å². The van der Waals surface area contributed by atoms with Crippen LogP contribution in [0, 0.1) is 6.92 Å². The van der Waals surface area contributed by atoms with E-state index >= 15 is 0 Å². The molecule has 0 saturated heterocycles. The first-order chi connectivity index (χ1) is 14.0. The van der Waals surface area contributed by atoms with Crippen molar-refractivity contribution in [2.45, 2.75) is 46.2 Å². The van der Waals surface area contributed by atoms with E-state index in [9.17, 15) is 5.11 Å². The first-order valence-electron chi connectivity index (χ1n) is 10.2. The summed E-state index contributed by atoms with van der Waals surface area (Å²) in [6.45, 7) is 12.9. The number of aromatic nitrogens is 1. The fourth-order valence-electron chi connectivity index (χ4n) is 3.20. The molecule has 1 aromatic carbocycles. The van der Waals surface area contributed by atoms with Crippen LogP contribution in [0.25, 0.3) is 12.3 Å². The average Bonchev–Trinajstić information content (AvgIpc) is 2.73. The molecule has 0 radical (unpaired) electrons. The molecule has 3 N–H and O–H groups in total. The Kier molecular flexibility index (Phi) is 8.68. The summed E-state index contributed by atoms with van der Waals surface area (Å²) in [6.07, 6.45) is 7.23. The summed E-state index contributed by atoms with van der Waals surface area (Å²) in [5.74, 6) is 0.160. The number of allylic oxidation sites excluding steroid dienone is 2. The molecule has 0 fully saturated rings. The van der Waals surface area contributed by atoms with Crippen molar-refractivity contribution in [3.8, 4) is 0 Å². The van der Waals surface area contributed by atoms with Crippen LogP contribution in [0.4, 0.5) is 5.69 Å². The molecule has 0 amide bonds. The van der Waals surface area contributed by atoms with Gasteiger partial charge in [-0.05, 0) is 50.6 Å². The third kappa shape index (κ3) is 6.33. The summed E-state index contributed by atoms with van der Waals surface area (Å²) in [5, 5.41) is 19.5. The number of rotatable bonds is 9. The van der Waals surface area contributed by atoms with Gasteiger partial charge in [-0.25, -0.2) is 4.98 Å². The van der Waals surface area contributed by atoms with Gasteiger partial charge < -0.3 is 15.7 Å². The summed E-state index contributed by atoms with van der Waals surface area (Å²) in [6, 6.07) is 13.7. The highest BCUT2D eigenvalue weighted by Gasteiger charge is 2.24. The molecule has 4 nitrogen and oxygen atoms in total. The monoisotopic (exact) mass is 391 g/mol. The number of para-hydroxylation sites is 1. The first kappa shape index (κ1) is 22.4. The van der Waals surface area contributed by atoms with Gasteiger partial charge in [0.15, 0.2) is 0 Å². The van der Waals surface area contributed by atoms with Crippen molar-refractivity contribution in [2.75, 3.05) is 11.9 Å². The Morgan fingerprint density at radius 2 is 1.90 bits per heavy atom. The molecule has 0 aliphatic rings. The number of nitrogens with zero attached hydrogens (tertiary/aromatic N) is 1. The van der Waals surface area contributed by atoms with Crippen molar-refractivity contribution in [2.24, 2.45) is 0 Å². The first-order valence-corrected chi connectivity index (χ1v) is 10.2. The summed E-state index contributed by atoms with van der Waals surface area (Å²) in [4.78, 5) is 4.53. The summed E-state index contributed by atoms with van der Waals surface area (Å²) in [7, 11) is 0. The van der Waals surface area contributed by atoms with Gasteiger partial charge in [-0.3, -0.25) is 0 Å². The lowest BCUT2D eigenvalue weighted by Gasteiger charge is -2.29. The van der Waals surface area contributed by atoms with Gasteiger partial charge >= 0.3 is 0 Å². The van der Waals surface area contributed by atoms with Gasteiger partial charge in [0.25, 0.3) is 0 Å². The lowest BCUT2D eigenvalue weighted by Crippen LogP contribution is -2.45. The van der Waals surface area contributed by atoms with Gasteiger partial charge in [0.1, 0.15) is 11.1 Å². The molecule has 2 rings (SSSR count). The van der Waals surface area contributed by atoms with Gasteiger partial charge in [-0.2, -0.15) is 0 Å². The van der Waals surface area contributed by atoms with E-state index in [4.69, 9.17) is 0 Å². The Balaban J connectivity index is 2.45. The number of aryl methyl sites for hydroxylation is 1. The van der Waals surface area contributed by atoms with E-state index in [0.29, 0.717) is 10.6 Å². The van der Waals surface area contributed by atoms with Crippen LogP contribution in [0.15, 0.2) is 66.3 Å². The van der Waals surface area contributed by atoms with Gasteiger partial charge in [-0.1, -0.05) is 56.0 Å². The van der Waals surface area contributed by atoms with Crippen molar-refractivity contribution in [1.29, 1.82) is 0 Å². The van der Waals surface area contributed by atoms with Crippen molar-refractivity contribution in [1.82, 2.24) is 10.3 Å².